The summed E-state index contributed by atoms with van der Waals surface area (Å²) in [6, 6.07) is 4.92. The van der Waals surface area contributed by atoms with Crippen molar-refractivity contribution in [2.75, 3.05) is 32.0 Å². The smallest absolute Gasteiger partial charge is 0.243 e. The molecule has 1 aromatic carbocycles. The molecule has 1 amide bonds. The number of benzene rings is 1. The highest BCUT2D eigenvalue weighted by atomic mass is 35.5. The Morgan fingerprint density at radius 3 is 2.75 bits per heavy atom. The second kappa shape index (κ2) is 6.63. The topological polar surface area (TPSA) is 78.5 Å². The molecule has 2 aliphatic heterocycles. The van der Waals surface area contributed by atoms with Crippen molar-refractivity contribution < 1.29 is 13.2 Å². The molecule has 8 heteroatoms. The van der Waals surface area contributed by atoms with E-state index in [9.17, 15) is 13.2 Å². The summed E-state index contributed by atoms with van der Waals surface area (Å²) in [7, 11) is -1.63. The Kier molecular flexibility index (Phi) is 5.30. The zero-order chi connectivity index (χ0) is 16.8. The monoisotopic (exact) mass is 373 g/mol. The Morgan fingerprint density at radius 2 is 2.08 bits per heavy atom. The summed E-state index contributed by atoms with van der Waals surface area (Å²) in [6.07, 6.45) is 0.872. The largest absolute Gasteiger partial charge is 0.325 e. The molecule has 2 aliphatic rings. The van der Waals surface area contributed by atoms with Crippen molar-refractivity contribution in [3.05, 3.63) is 23.8 Å². The molecule has 0 radical (unpaired) electrons. The van der Waals surface area contributed by atoms with Crippen LogP contribution in [0.1, 0.15) is 25.8 Å². The van der Waals surface area contributed by atoms with Gasteiger partial charge >= 0.3 is 0 Å². The zero-order valence-electron chi connectivity index (χ0n) is 14.1. The lowest BCUT2D eigenvalue weighted by atomic mass is 9.86. The minimum absolute atomic E-state index is 0. The van der Waals surface area contributed by atoms with Gasteiger partial charge in [-0.15, -0.1) is 12.4 Å². The molecule has 6 nitrogen and oxygen atoms in total. The summed E-state index contributed by atoms with van der Waals surface area (Å²) in [5.41, 5.74) is 0.739. The van der Waals surface area contributed by atoms with E-state index in [0.29, 0.717) is 24.7 Å². The van der Waals surface area contributed by atoms with E-state index >= 15 is 0 Å². The van der Waals surface area contributed by atoms with Crippen LogP contribution < -0.4 is 10.6 Å². The second-order valence-electron chi connectivity index (χ2n) is 6.86. The van der Waals surface area contributed by atoms with Crippen LogP contribution in [-0.2, 0) is 20.2 Å². The van der Waals surface area contributed by atoms with Crippen LogP contribution in [0.15, 0.2) is 23.1 Å². The predicted octanol–water partition coefficient (Wildman–Crippen LogP) is 1.57. The lowest BCUT2D eigenvalue weighted by Crippen LogP contribution is -2.31. The quantitative estimate of drug-likeness (QED) is 0.839. The summed E-state index contributed by atoms with van der Waals surface area (Å²) in [4.78, 5) is 12.3. The molecule has 134 valence electrons. The van der Waals surface area contributed by atoms with Gasteiger partial charge in [-0.1, -0.05) is 0 Å². The van der Waals surface area contributed by atoms with E-state index in [2.05, 4.69) is 10.6 Å². The minimum atomic E-state index is -3.51. The van der Waals surface area contributed by atoms with E-state index in [-0.39, 0.29) is 23.2 Å². The summed E-state index contributed by atoms with van der Waals surface area (Å²) >= 11 is 0. The van der Waals surface area contributed by atoms with Gasteiger partial charge in [0.1, 0.15) is 0 Å². The summed E-state index contributed by atoms with van der Waals surface area (Å²) in [5.74, 6) is 0.251. The van der Waals surface area contributed by atoms with Gasteiger partial charge in [-0.2, -0.15) is 4.31 Å². The highest BCUT2D eigenvalue weighted by Crippen LogP contribution is 2.39. The number of amides is 1. The second-order valence-corrected chi connectivity index (χ2v) is 8.80. The Hall–Kier alpha value is -1.15. The number of rotatable bonds is 4. The zero-order valence-corrected chi connectivity index (χ0v) is 15.8. The number of nitrogens with one attached hydrogen (secondary N) is 2. The molecule has 24 heavy (non-hydrogen) atoms. The molecule has 2 N–H and O–H groups in total. The van der Waals surface area contributed by atoms with Gasteiger partial charge in [0.15, 0.2) is 0 Å². The summed E-state index contributed by atoms with van der Waals surface area (Å²) < 4.78 is 27.3. The van der Waals surface area contributed by atoms with Crippen LogP contribution >= 0.6 is 12.4 Å². The van der Waals surface area contributed by atoms with Gasteiger partial charge in [0, 0.05) is 18.8 Å². The molecule has 0 bridgehead atoms. The van der Waals surface area contributed by atoms with Crippen molar-refractivity contribution in [1.82, 2.24) is 9.62 Å². The lowest BCUT2D eigenvalue weighted by molar-refractivity contribution is -0.119. The molecule has 1 unspecified atom stereocenters. The number of halogens is 1. The third kappa shape index (κ3) is 3.06. The molecular formula is C16H24ClN3O3S. The van der Waals surface area contributed by atoms with E-state index in [1.807, 2.05) is 20.9 Å². The number of anilines is 1. The van der Waals surface area contributed by atoms with Crippen LogP contribution in [0.2, 0.25) is 0 Å². The highest BCUT2D eigenvalue weighted by molar-refractivity contribution is 7.89. The van der Waals surface area contributed by atoms with Crippen molar-refractivity contribution in [3.8, 4) is 0 Å². The van der Waals surface area contributed by atoms with E-state index in [1.165, 1.54) is 0 Å². The lowest BCUT2D eigenvalue weighted by Gasteiger charge is -2.19. The van der Waals surface area contributed by atoms with Crippen molar-refractivity contribution in [2.24, 2.45) is 5.92 Å². The van der Waals surface area contributed by atoms with E-state index in [0.717, 1.165) is 18.5 Å². The molecule has 1 saturated heterocycles. The van der Waals surface area contributed by atoms with Gasteiger partial charge in [-0.25, -0.2) is 8.42 Å². The van der Waals surface area contributed by atoms with Gasteiger partial charge in [-0.3, -0.25) is 4.79 Å². The van der Waals surface area contributed by atoms with Crippen molar-refractivity contribution >= 4 is 34.0 Å². The fourth-order valence-corrected chi connectivity index (χ4v) is 4.89. The van der Waals surface area contributed by atoms with Crippen LogP contribution in [0.3, 0.4) is 0 Å². The fraction of sp³-hybridized carbons (Fsp3) is 0.562. The molecule has 0 saturated carbocycles. The standard InChI is InChI=1S/C16H23N3O3S.ClH/c1-16(2)13-8-12(4-5-14(13)18-15(16)20)23(21,22)19-7-6-11(10-19)9-17-3;/h4-5,8,11,17H,6-7,9-10H2,1-3H3,(H,18,20);1H. The molecule has 3 rings (SSSR count). The first kappa shape index (κ1) is 19.2. The molecule has 2 heterocycles. The average Bonchev–Trinajstić information content (AvgIpc) is 3.04. The Bertz CT molecular complexity index is 749. The molecule has 0 spiro atoms. The van der Waals surface area contributed by atoms with Crippen LogP contribution in [0.5, 0.6) is 0 Å². The third-order valence-corrected chi connectivity index (χ3v) is 6.72. The number of fused-ring (bicyclic) bond motifs is 1. The van der Waals surface area contributed by atoms with Crippen LogP contribution in [-0.4, -0.2) is 45.3 Å². The van der Waals surface area contributed by atoms with E-state index in [4.69, 9.17) is 0 Å². The third-order valence-electron chi connectivity index (χ3n) is 4.86. The fourth-order valence-electron chi connectivity index (χ4n) is 3.33. The van der Waals surface area contributed by atoms with E-state index in [1.54, 1.807) is 22.5 Å². The Labute approximate surface area is 149 Å². The number of carbonyl (C=O) groups is 1. The van der Waals surface area contributed by atoms with Crippen molar-refractivity contribution in [1.29, 1.82) is 0 Å². The number of hydrogen-bond donors (Lipinski definition) is 2. The van der Waals surface area contributed by atoms with Gasteiger partial charge in [0.2, 0.25) is 15.9 Å². The number of sulfonamides is 1. The van der Waals surface area contributed by atoms with Gasteiger partial charge in [0.25, 0.3) is 0 Å². The molecule has 0 aromatic heterocycles. The number of carbonyl (C=O) groups excluding carboxylic acids is 1. The molecule has 1 aromatic rings. The van der Waals surface area contributed by atoms with Crippen LogP contribution in [0, 0.1) is 5.92 Å². The average molecular weight is 374 g/mol. The van der Waals surface area contributed by atoms with Gasteiger partial charge in [0.05, 0.1) is 10.3 Å². The van der Waals surface area contributed by atoms with Crippen molar-refractivity contribution in [3.63, 3.8) is 0 Å². The predicted molar refractivity (Wildman–Crippen MR) is 96.1 cm³/mol. The Balaban J connectivity index is 0.00000208. The van der Waals surface area contributed by atoms with Gasteiger partial charge < -0.3 is 10.6 Å². The maximum Gasteiger partial charge on any atom is 0.243 e. The Morgan fingerprint density at radius 1 is 1.38 bits per heavy atom. The molecular weight excluding hydrogens is 350 g/mol. The SMILES string of the molecule is CNCC1CCN(S(=O)(=O)c2ccc3c(c2)C(C)(C)C(=O)N3)C1.Cl. The van der Waals surface area contributed by atoms with Crippen LogP contribution in [0.4, 0.5) is 5.69 Å². The number of hydrogen-bond acceptors (Lipinski definition) is 4. The highest BCUT2D eigenvalue weighted by Gasteiger charge is 2.40. The normalized spacial score (nSPS) is 22.8. The first-order valence-electron chi connectivity index (χ1n) is 7.87. The summed E-state index contributed by atoms with van der Waals surface area (Å²) in [5, 5.41) is 5.91. The first-order valence-corrected chi connectivity index (χ1v) is 9.31. The van der Waals surface area contributed by atoms with Crippen molar-refractivity contribution in [2.45, 2.75) is 30.6 Å². The molecule has 1 atom stereocenters. The van der Waals surface area contributed by atoms with Gasteiger partial charge in [-0.05, 0) is 63.5 Å². The van der Waals surface area contributed by atoms with E-state index < -0.39 is 15.4 Å². The first-order chi connectivity index (χ1) is 10.8. The maximum atomic E-state index is 12.9. The summed E-state index contributed by atoms with van der Waals surface area (Å²) in [6.45, 7) is 5.53. The van der Waals surface area contributed by atoms with Crippen LogP contribution in [0.25, 0.3) is 0 Å². The molecule has 1 fully saturated rings. The molecule has 0 aliphatic carbocycles. The maximum absolute atomic E-state index is 12.9. The minimum Gasteiger partial charge on any atom is -0.325 e. The number of nitrogens with zero attached hydrogens (tertiary/aromatic N) is 1.